The van der Waals surface area contributed by atoms with Gasteiger partial charge in [-0.1, -0.05) is 17.6 Å². The minimum atomic E-state index is 0.238. The summed E-state index contributed by atoms with van der Waals surface area (Å²) in [5, 5.41) is 0.238. The lowest BCUT2D eigenvalue weighted by Crippen LogP contribution is -1.98. The Morgan fingerprint density at radius 3 is 2.50 bits per heavy atom. The van der Waals surface area contributed by atoms with E-state index in [2.05, 4.69) is 18.2 Å². The molecule has 0 aromatic rings. The number of hydrogen-bond acceptors (Lipinski definition) is 1. The Labute approximate surface area is 47.6 Å². The van der Waals surface area contributed by atoms with Crippen LogP contribution in [-0.2, 0) is 0 Å². The maximum absolute atomic E-state index is 11.8. The second-order valence-electron chi connectivity index (χ2n) is 0.974. The van der Waals surface area contributed by atoms with Gasteiger partial charge in [-0.25, -0.2) is 4.99 Å². The number of nitrogens with zero attached hydrogens (tertiary/aromatic N) is 2. The summed E-state index contributed by atoms with van der Waals surface area (Å²) in [4.78, 5) is 3.36. The Morgan fingerprint density at radius 1 is 1.50 bits per heavy atom. The minimum Gasteiger partial charge on any atom is -0.245 e. The molecule has 0 aromatic carbocycles. The van der Waals surface area contributed by atoms with Crippen LogP contribution in [0.2, 0.25) is 0 Å². The van der Waals surface area contributed by atoms with Crippen LogP contribution in [0.4, 0.5) is 4.48 Å². The third kappa shape index (κ3) is 3.08. The molecule has 0 saturated carbocycles. The average Bonchev–Trinajstić information content (AvgIpc) is 1.83. The zero-order chi connectivity index (χ0) is 6.41. The van der Waals surface area contributed by atoms with Gasteiger partial charge in [0, 0.05) is 12.4 Å². The van der Waals surface area contributed by atoms with Crippen LogP contribution in [0.3, 0.4) is 0 Å². The SMILES string of the molecule is C=CN=CN(F)C=C. The molecule has 0 atom stereocenters. The van der Waals surface area contributed by atoms with Crippen molar-refractivity contribution in [2.45, 2.75) is 0 Å². The van der Waals surface area contributed by atoms with Crippen LogP contribution in [0, 0.1) is 0 Å². The molecule has 0 amide bonds. The molecule has 3 heteroatoms. The molecule has 0 saturated heterocycles. The molecule has 0 aromatic heterocycles. The van der Waals surface area contributed by atoms with Crippen molar-refractivity contribution in [1.29, 1.82) is 0 Å². The lowest BCUT2D eigenvalue weighted by Gasteiger charge is -1.93. The summed E-state index contributed by atoms with van der Waals surface area (Å²) >= 11 is 0. The maximum Gasteiger partial charge on any atom is 0.126 e. The summed E-state index contributed by atoms with van der Waals surface area (Å²) in [7, 11) is 0. The first kappa shape index (κ1) is 6.88. The van der Waals surface area contributed by atoms with Crippen LogP contribution in [0.25, 0.3) is 0 Å². The first-order valence-electron chi connectivity index (χ1n) is 2.02. The fraction of sp³-hybridized carbons (Fsp3) is 0. The van der Waals surface area contributed by atoms with Gasteiger partial charge in [0.15, 0.2) is 0 Å². The summed E-state index contributed by atoms with van der Waals surface area (Å²) in [6, 6.07) is 0. The van der Waals surface area contributed by atoms with E-state index in [-0.39, 0.29) is 5.12 Å². The second kappa shape index (κ2) is 4.05. The van der Waals surface area contributed by atoms with Crippen LogP contribution in [0.15, 0.2) is 30.6 Å². The molecule has 0 rings (SSSR count). The van der Waals surface area contributed by atoms with E-state index in [9.17, 15) is 4.48 Å². The highest BCUT2D eigenvalue weighted by atomic mass is 19.2. The first-order chi connectivity index (χ1) is 3.81. The monoisotopic (exact) mass is 114 g/mol. The number of rotatable bonds is 3. The zero-order valence-corrected chi connectivity index (χ0v) is 4.42. The Morgan fingerprint density at radius 2 is 2.12 bits per heavy atom. The van der Waals surface area contributed by atoms with Gasteiger partial charge in [-0.15, -0.1) is 0 Å². The van der Waals surface area contributed by atoms with Crippen molar-refractivity contribution >= 4 is 6.34 Å². The van der Waals surface area contributed by atoms with Gasteiger partial charge in [0.2, 0.25) is 0 Å². The lowest BCUT2D eigenvalue weighted by atomic mass is 10.9. The molecule has 0 fully saturated rings. The quantitative estimate of drug-likeness (QED) is 0.308. The molecule has 0 aliphatic carbocycles. The van der Waals surface area contributed by atoms with Gasteiger partial charge >= 0.3 is 0 Å². The Hall–Kier alpha value is -1.12. The number of aliphatic imine (C=N–C) groups is 1. The molecule has 0 heterocycles. The Balaban J connectivity index is 3.50. The molecule has 8 heavy (non-hydrogen) atoms. The van der Waals surface area contributed by atoms with E-state index in [1.54, 1.807) is 0 Å². The van der Waals surface area contributed by atoms with Crippen LogP contribution in [0.1, 0.15) is 0 Å². The van der Waals surface area contributed by atoms with Crippen LogP contribution >= 0.6 is 0 Å². The van der Waals surface area contributed by atoms with Crippen LogP contribution in [-0.4, -0.2) is 11.5 Å². The van der Waals surface area contributed by atoms with Gasteiger partial charge < -0.3 is 0 Å². The van der Waals surface area contributed by atoms with Crippen molar-refractivity contribution < 1.29 is 4.48 Å². The van der Waals surface area contributed by atoms with Gasteiger partial charge in [0.05, 0.1) is 0 Å². The molecule has 0 spiro atoms. The fourth-order valence-electron chi connectivity index (χ4n) is 0.158. The summed E-state index contributed by atoms with van der Waals surface area (Å²) in [5.74, 6) is 0. The van der Waals surface area contributed by atoms with E-state index in [0.29, 0.717) is 0 Å². The Kier molecular flexibility index (Phi) is 3.48. The summed E-state index contributed by atoms with van der Waals surface area (Å²) in [6.07, 6.45) is 3.18. The van der Waals surface area contributed by atoms with E-state index in [4.69, 9.17) is 0 Å². The van der Waals surface area contributed by atoms with Crippen molar-refractivity contribution in [1.82, 2.24) is 5.12 Å². The van der Waals surface area contributed by atoms with E-state index in [0.717, 1.165) is 12.5 Å². The highest BCUT2D eigenvalue weighted by molar-refractivity contribution is 5.55. The highest BCUT2D eigenvalue weighted by Crippen LogP contribution is 1.81. The molecule has 0 aliphatic heterocycles. The van der Waals surface area contributed by atoms with Gasteiger partial charge in [-0.05, 0) is 0 Å². The minimum absolute atomic E-state index is 0.238. The molecular formula is C5H7FN2. The molecule has 0 N–H and O–H groups in total. The topological polar surface area (TPSA) is 15.6 Å². The van der Waals surface area contributed by atoms with E-state index in [1.807, 2.05) is 0 Å². The predicted octanol–water partition coefficient (Wildman–Crippen LogP) is 1.49. The Bertz CT molecular complexity index is 109. The summed E-state index contributed by atoms with van der Waals surface area (Å²) in [5.41, 5.74) is 0. The zero-order valence-electron chi connectivity index (χ0n) is 4.42. The van der Waals surface area contributed by atoms with Crippen molar-refractivity contribution in [2.75, 3.05) is 0 Å². The molecular weight excluding hydrogens is 107 g/mol. The smallest absolute Gasteiger partial charge is 0.126 e. The number of halogens is 1. The second-order valence-corrected chi connectivity index (χ2v) is 0.974. The van der Waals surface area contributed by atoms with E-state index < -0.39 is 0 Å². The lowest BCUT2D eigenvalue weighted by molar-refractivity contribution is 0.201. The average molecular weight is 114 g/mol. The summed E-state index contributed by atoms with van der Waals surface area (Å²) in [6.45, 7) is 6.38. The van der Waals surface area contributed by atoms with Gasteiger partial charge in [-0.3, -0.25) is 0 Å². The van der Waals surface area contributed by atoms with Crippen molar-refractivity contribution in [2.24, 2.45) is 4.99 Å². The fourth-order valence-corrected chi connectivity index (χ4v) is 0.158. The van der Waals surface area contributed by atoms with Crippen LogP contribution < -0.4 is 0 Å². The van der Waals surface area contributed by atoms with E-state index in [1.165, 1.54) is 6.20 Å². The highest BCUT2D eigenvalue weighted by Gasteiger charge is 1.80. The third-order valence-electron chi connectivity index (χ3n) is 0.457. The standard InChI is InChI=1S/C5H7FN2/c1-3-7-5-8(6)4-2/h3-5H,1-2H2. The predicted molar refractivity (Wildman–Crippen MR) is 31.8 cm³/mol. The van der Waals surface area contributed by atoms with Crippen molar-refractivity contribution in [3.05, 3.63) is 25.6 Å². The molecule has 0 unspecified atom stereocenters. The first-order valence-corrected chi connectivity index (χ1v) is 2.02. The van der Waals surface area contributed by atoms with Gasteiger partial charge in [0.25, 0.3) is 0 Å². The molecule has 0 aliphatic rings. The summed E-state index contributed by atoms with van der Waals surface area (Å²) < 4.78 is 11.8. The van der Waals surface area contributed by atoms with Crippen LogP contribution in [0.5, 0.6) is 0 Å². The van der Waals surface area contributed by atoms with Gasteiger partial charge in [-0.2, -0.15) is 5.12 Å². The maximum atomic E-state index is 11.8. The van der Waals surface area contributed by atoms with Crippen molar-refractivity contribution in [3.8, 4) is 0 Å². The molecule has 44 valence electrons. The molecule has 0 radical (unpaired) electrons. The van der Waals surface area contributed by atoms with Crippen molar-refractivity contribution in [3.63, 3.8) is 0 Å². The number of hydrogen-bond donors (Lipinski definition) is 0. The van der Waals surface area contributed by atoms with Gasteiger partial charge in [0.1, 0.15) is 6.34 Å². The molecule has 2 nitrogen and oxygen atoms in total. The third-order valence-corrected chi connectivity index (χ3v) is 0.457. The molecule has 0 bridgehead atoms. The normalized spacial score (nSPS) is 9.12. The largest absolute Gasteiger partial charge is 0.245 e. The van der Waals surface area contributed by atoms with E-state index >= 15 is 0 Å².